The number of hydrogen-bond acceptors (Lipinski definition) is 3. The summed E-state index contributed by atoms with van der Waals surface area (Å²) in [5.41, 5.74) is 3.06. The summed E-state index contributed by atoms with van der Waals surface area (Å²) in [6, 6.07) is 21.6. The molecule has 0 aliphatic carbocycles. The van der Waals surface area contributed by atoms with Gasteiger partial charge in [0.25, 0.3) is 0 Å². The molecular formula is C22H20ClN3O2S. The number of anilines is 3. The fourth-order valence-corrected chi connectivity index (χ4v) is 3.38. The van der Waals surface area contributed by atoms with Crippen molar-refractivity contribution in [3.05, 3.63) is 83.4 Å². The monoisotopic (exact) mass is 425 g/mol. The van der Waals surface area contributed by atoms with E-state index in [4.69, 9.17) is 11.6 Å². The molecule has 0 bridgehead atoms. The highest BCUT2D eigenvalue weighted by molar-refractivity contribution is 8.00. The van der Waals surface area contributed by atoms with Crippen molar-refractivity contribution in [2.24, 2.45) is 0 Å². The van der Waals surface area contributed by atoms with Gasteiger partial charge in [-0.25, -0.2) is 4.79 Å². The Kier molecular flexibility index (Phi) is 7.16. The van der Waals surface area contributed by atoms with E-state index in [2.05, 4.69) is 16.0 Å². The summed E-state index contributed by atoms with van der Waals surface area (Å²) < 4.78 is 0. The Balaban J connectivity index is 1.48. The molecule has 0 unspecified atom stereocenters. The van der Waals surface area contributed by atoms with Gasteiger partial charge in [0.1, 0.15) is 0 Å². The highest BCUT2D eigenvalue weighted by atomic mass is 35.5. The summed E-state index contributed by atoms with van der Waals surface area (Å²) in [5, 5.41) is 8.99. The molecule has 148 valence electrons. The number of para-hydroxylation sites is 1. The summed E-state index contributed by atoms with van der Waals surface area (Å²) in [7, 11) is 0. The lowest BCUT2D eigenvalue weighted by Crippen LogP contribution is -2.19. The van der Waals surface area contributed by atoms with Gasteiger partial charge in [-0.15, -0.1) is 11.8 Å². The predicted octanol–water partition coefficient (Wildman–Crippen LogP) is 6.02. The number of urea groups is 1. The van der Waals surface area contributed by atoms with Crippen molar-refractivity contribution in [1.29, 1.82) is 0 Å². The Labute approximate surface area is 178 Å². The summed E-state index contributed by atoms with van der Waals surface area (Å²) in [6.07, 6.45) is 0. The van der Waals surface area contributed by atoms with Crippen LogP contribution < -0.4 is 16.0 Å². The highest BCUT2D eigenvalue weighted by Crippen LogP contribution is 2.23. The third-order valence-corrected chi connectivity index (χ3v) is 5.23. The third-order valence-electron chi connectivity index (χ3n) is 3.99. The molecule has 29 heavy (non-hydrogen) atoms. The molecule has 3 amide bonds. The molecule has 0 atom stereocenters. The van der Waals surface area contributed by atoms with E-state index in [-0.39, 0.29) is 17.7 Å². The number of amides is 3. The van der Waals surface area contributed by atoms with Gasteiger partial charge in [-0.3, -0.25) is 4.79 Å². The zero-order chi connectivity index (χ0) is 20.6. The van der Waals surface area contributed by atoms with Crippen LogP contribution in [0.2, 0.25) is 5.02 Å². The Bertz CT molecular complexity index is 995. The number of carbonyl (C=O) groups excluding carboxylic acids is 2. The number of hydrogen-bond donors (Lipinski definition) is 3. The smallest absolute Gasteiger partial charge is 0.323 e. The maximum absolute atomic E-state index is 12.2. The van der Waals surface area contributed by atoms with Crippen LogP contribution in [0.3, 0.4) is 0 Å². The van der Waals surface area contributed by atoms with Gasteiger partial charge in [-0.1, -0.05) is 35.9 Å². The summed E-state index contributed by atoms with van der Waals surface area (Å²) in [4.78, 5) is 25.1. The van der Waals surface area contributed by atoms with E-state index in [1.54, 1.807) is 24.3 Å². The summed E-state index contributed by atoms with van der Waals surface area (Å²) in [6.45, 7) is 1.92. The van der Waals surface area contributed by atoms with Gasteiger partial charge < -0.3 is 16.0 Å². The average molecular weight is 426 g/mol. The highest BCUT2D eigenvalue weighted by Gasteiger charge is 2.07. The molecule has 0 aromatic heterocycles. The van der Waals surface area contributed by atoms with Gasteiger partial charge >= 0.3 is 6.03 Å². The second kappa shape index (κ2) is 10.0. The van der Waals surface area contributed by atoms with Gasteiger partial charge in [-0.2, -0.15) is 0 Å². The first-order valence-corrected chi connectivity index (χ1v) is 10.3. The Morgan fingerprint density at radius 1 is 0.862 bits per heavy atom. The SMILES string of the molecule is Cc1ccc(Cl)cc1NC(=O)CSc1ccc(NC(=O)Nc2ccccc2)cc1. The first-order valence-electron chi connectivity index (χ1n) is 8.91. The molecule has 0 spiro atoms. The van der Waals surface area contributed by atoms with E-state index < -0.39 is 0 Å². The summed E-state index contributed by atoms with van der Waals surface area (Å²) in [5.74, 6) is 0.164. The second-order valence-corrected chi connectivity index (χ2v) is 7.75. The van der Waals surface area contributed by atoms with Crippen LogP contribution >= 0.6 is 23.4 Å². The van der Waals surface area contributed by atoms with Crippen LogP contribution in [0.4, 0.5) is 21.9 Å². The number of halogens is 1. The molecule has 3 aromatic carbocycles. The molecule has 0 fully saturated rings. The molecule has 7 heteroatoms. The van der Waals surface area contributed by atoms with Gasteiger partial charge in [-0.05, 0) is 61.0 Å². The van der Waals surface area contributed by atoms with E-state index in [0.717, 1.165) is 16.1 Å². The van der Waals surface area contributed by atoms with Crippen LogP contribution in [0.1, 0.15) is 5.56 Å². The van der Waals surface area contributed by atoms with Crippen LogP contribution in [0.15, 0.2) is 77.7 Å². The number of aryl methyl sites for hydroxylation is 1. The average Bonchev–Trinajstić information content (AvgIpc) is 2.71. The van der Waals surface area contributed by atoms with Crippen molar-refractivity contribution < 1.29 is 9.59 Å². The zero-order valence-corrected chi connectivity index (χ0v) is 17.3. The lowest BCUT2D eigenvalue weighted by atomic mass is 10.2. The maximum Gasteiger partial charge on any atom is 0.323 e. The second-order valence-electron chi connectivity index (χ2n) is 6.27. The molecule has 5 nitrogen and oxygen atoms in total. The minimum atomic E-state index is -0.312. The molecule has 3 rings (SSSR count). The maximum atomic E-state index is 12.2. The lowest BCUT2D eigenvalue weighted by molar-refractivity contribution is -0.113. The number of nitrogens with one attached hydrogen (secondary N) is 3. The van der Waals surface area contributed by atoms with Gasteiger partial charge in [0.15, 0.2) is 0 Å². The number of rotatable bonds is 6. The molecule has 0 aliphatic heterocycles. The number of thioether (sulfide) groups is 1. The largest absolute Gasteiger partial charge is 0.325 e. The number of benzene rings is 3. The van der Waals surface area contributed by atoms with Crippen molar-refractivity contribution >= 4 is 52.4 Å². The molecule has 0 radical (unpaired) electrons. The first-order chi connectivity index (χ1) is 14.0. The van der Waals surface area contributed by atoms with Crippen molar-refractivity contribution in [2.75, 3.05) is 21.7 Å². The molecule has 3 aromatic rings. The quantitative estimate of drug-likeness (QED) is 0.422. The zero-order valence-electron chi connectivity index (χ0n) is 15.7. The summed E-state index contributed by atoms with van der Waals surface area (Å²) >= 11 is 7.39. The number of carbonyl (C=O) groups is 2. The van der Waals surface area contributed by atoms with Crippen LogP contribution in [0.25, 0.3) is 0 Å². The topological polar surface area (TPSA) is 70.2 Å². The normalized spacial score (nSPS) is 10.3. The predicted molar refractivity (Wildman–Crippen MR) is 121 cm³/mol. The van der Waals surface area contributed by atoms with Crippen LogP contribution in [-0.4, -0.2) is 17.7 Å². The van der Waals surface area contributed by atoms with Crippen LogP contribution in [0, 0.1) is 6.92 Å². The fraction of sp³-hybridized carbons (Fsp3) is 0.0909. The van der Waals surface area contributed by atoms with Crippen LogP contribution in [0.5, 0.6) is 0 Å². The molecule has 0 heterocycles. The Morgan fingerprint density at radius 2 is 1.52 bits per heavy atom. The van der Waals surface area contributed by atoms with E-state index in [9.17, 15) is 9.59 Å². The van der Waals surface area contributed by atoms with E-state index in [1.165, 1.54) is 11.8 Å². The molecule has 3 N–H and O–H groups in total. The standard InChI is InChI=1S/C22H20ClN3O2S/c1-15-7-8-16(23)13-20(15)26-21(27)14-29-19-11-9-18(10-12-19)25-22(28)24-17-5-3-2-4-6-17/h2-13H,14H2,1H3,(H,26,27)(H2,24,25,28). The van der Waals surface area contributed by atoms with E-state index >= 15 is 0 Å². The van der Waals surface area contributed by atoms with Crippen molar-refractivity contribution in [2.45, 2.75) is 11.8 Å². The van der Waals surface area contributed by atoms with E-state index in [0.29, 0.717) is 16.4 Å². The van der Waals surface area contributed by atoms with Crippen molar-refractivity contribution in [3.8, 4) is 0 Å². The molecule has 0 aliphatic rings. The van der Waals surface area contributed by atoms with E-state index in [1.807, 2.05) is 55.5 Å². The van der Waals surface area contributed by atoms with Gasteiger partial charge in [0.2, 0.25) is 5.91 Å². The fourth-order valence-electron chi connectivity index (χ4n) is 2.51. The lowest BCUT2D eigenvalue weighted by Gasteiger charge is -2.10. The molecule has 0 saturated heterocycles. The van der Waals surface area contributed by atoms with Crippen LogP contribution in [-0.2, 0) is 4.79 Å². The molecule has 0 saturated carbocycles. The molecular weight excluding hydrogens is 406 g/mol. The van der Waals surface area contributed by atoms with Crippen molar-refractivity contribution in [1.82, 2.24) is 0 Å². The van der Waals surface area contributed by atoms with Gasteiger partial charge in [0, 0.05) is 27.0 Å². The Morgan fingerprint density at radius 3 is 2.21 bits per heavy atom. The van der Waals surface area contributed by atoms with Crippen molar-refractivity contribution in [3.63, 3.8) is 0 Å². The minimum Gasteiger partial charge on any atom is -0.325 e. The first kappa shape index (κ1) is 20.8. The van der Waals surface area contributed by atoms with Gasteiger partial charge in [0.05, 0.1) is 5.75 Å². The third kappa shape index (κ3) is 6.55. The minimum absolute atomic E-state index is 0.107. The Hall–Kier alpha value is -2.96.